The molecule has 0 radical (unpaired) electrons. The molecule has 364 valence electrons. The fraction of sp³-hybridized carbons (Fsp3) is 0.679. The normalized spacial score (nSPS) is 20.0. The van der Waals surface area contributed by atoms with E-state index in [4.69, 9.17) is 18.9 Å². The van der Waals surface area contributed by atoms with E-state index in [0.29, 0.717) is 19.3 Å². The molecule has 4 N–H and O–H groups in total. The predicted molar refractivity (Wildman–Crippen MR) is 256 cm³/mol. The van der Waals surface area contributed by atoms with Crippen molar-refractivity contribution in [3.8, 4) is 0 Å². The number of ether oxygens (including phenoxy) is 4. The van der Waals surface area contributed by atoms with Gasteiger partial charge in [0.25, 0.3) is 0 Å². The monoisotopic (exact) mass is 899 g/mol. The Morgan fingerprint density at radius 2 is 0.938 bits per heavy atom. The second-order valence-corrected chi connectivity index (χ2v) is 16.6. The third-order valence-electron chi connectivity index (χ3n) is 10.7. The zero-order chi connectivity index (χ0) is 46.7. The van der Waals surface area contributed by atoms with Crippen molar-refractivity contribution in [3.63, 3.8) is 0 Å². The molecule has 0 bridgehead atoms. The zero-order valence-electron chi connectivity index (χ0n) is 39.5. The Morgan fingerprint density at radius 1 is 0.500 bits per heavy atom. The van der Waals surface area contributed by atoms with Gasteiger partial charge in [-0.2, -0.15) is 0 Å². The quantitative estimate of drug-likeness (QED) is 0.0262. The van der Waals surface area contributed by atoms with Gasteiger partial charge in [-0.3, -0.25) is 9.59 Å². The smallest absolute Gasteiger partial charge is 0.335 e. The van der Waals surface area contributed by atoms with Crippen LogP contribution >= 0.6 is 0 Å². The summed E-state index contributed by atoms with van der Waals surface area (Å²) in [6.45, 7) is 3.64. The fourth-order valence-electron chi connectivity index (χ4n) is 6.89. The molecular formula is C53H86O11. The first-order valence-electron chi connectivity index (χ1n) is 24.6. The molecule has 1 fully saturated rings. The van der Waals surface area contributed by atoms with Gasteiger partial charge in [0, 0.05) is 12.8 Å². The molecule has 64 heavy (non-hydrogen) atoms. The Balaban J connectivity index is 2.37. The van der Waals surface area contributed by atoms with Gasteiger partial charge in [-0.05, 0) is 83.5 Å². The predicted octanol–water partition coefficient (Wildman–Crippen LogP) is 11.4. The summed E-state index contributed by atoms with van der Waals surface area (Å²) in [4.78, 5) is 36.9. The molecule has 0 aliphatic carbocycles. The minimum absolute atomic E-state index is 0.152. The van der Waals surface area contributed by atoms with Crippen molar-refractivity contribution in [1.29, 1.82) is 0 Å². The highest BCUT2D eigenvalue weighted by molar-refractivity contribution is 5.73. The zero-order valence-corrected chi connectivity index (χ0v) is 39.5. The highest BCUT2D eigenvalue weighted by Crippen LogP contribution is 2.23. The maximum Gasteiger partial charge on any atom is 0.335 e. The Bertz CT molecular complexity index is 1380. The van der Waals surface area contributed by atoms with Crippen LogP contribution < -0.4 is 0 Å². The number of allylic oxidation sites excluding steroid dienone is 14. The Morgan fingerprint density at radius 3 is 1.44 bits per heavy atom. The number of aliphatic hydroxyl groups is 3. The van der Waals surface area contributed by atoms with Gasteiger partial charge < -0.3 is 39.4 Å². The number of aliphatic carboxylic acids is 1. The van der Waals surface area contributed by atoms with E-state index in [0.717, 1.165) is 64.2 Å². The second-order valence-electron chi connectivity index (χ2n) is 16.6. The lowest BCUT2D eigenvalue weighted by atomic mass is 9.99. The number of carboxylic acid groups (broad SMARTS) is 1. The molecule has 11 heteroatoms. The molecule has 0 aromatic carbocycles. The van der Waals surface area contributed by atoms with Gasteiger partial charge in [-0.15, -0.1) is 0 Å². The number of carbonyl (C=O) groups excluding carboxylic acids is 2. The van der Waals surface area contributed by atoms with Crippen molar-refractivity contribution < 1.29 is 53.8 Å². The van der Waals surface area contributed by atoms with E-state index in [1.807, 2.05) is 6.08 Å². The Hall–Kier alpha value is -3.61. The molecule has 6 atom stereocenters. The molecule has 0 spiro atoms. The van der Waals surface area contributed by atoms with E-state index in [-0.39, 0.29) is 19.4 Å². The van der Waals surface area contributed by atoms with E-state index in [2.05, 4.69) is 92.8 Å². The average molecular weight is 899 g/mol. The van der Waals surface area contributed by atoms with Crippen LogP contribution in [0.2, 0.25) is 0 Å². The van der Waals surface area contributed by atoms with Crippen molar-refractivity contribution in [3.05, 3.63) is 85.1 Å². The fourth-order valence-corrected chi connectivity index (χ4v) is 6.89. The third kappa shape index (κ3) is 33.0. The molecular weight excluding hydrogens is 813 g/mol. The lowest BCUT2D eigenvalue weighted by Crippen LogP contribution is -2.60. The molecule has 1 rings (SSSR count). The van der Waals surface area contributed by atoms with Crippen LogP contribution in [0.1, 0.15) is 181 Å². The highest BCUT2D eigenvalue weighted by atomic mass is 16.7. The number of hydrogen-bond acceptors (Lipinski definition) is 10. The van der Waals surface area contributed by atoms with Gasteiger partial charge in [0.05, 0.1) is 6.61 Å². The lowest BCUT2D eigenvalue weighted by Gasteiger charge is -2.38. The van der Waals surface area contributed by atoms with Gasteiger partial charge in [-0.1, -0.05) is 170 Å². The van der Waals surface area contributed by atoms with E-state index < -0.39 is 61.3 Å². The molecule has 1 aliphatic rings. The van der Waals surface area contributed by atoms with Crippen molar-refractivity contribution in [2.45, 2.75) is 218 Å². The summed E-state index contributed by atoms with van der Waals surface area (Å²) in [6, 6.07) is 0. The first-order valence-corrected chi connectivity index (χ1v) is 24.6. The van der Waals surface area contributed by atoms with Crippen LogP contribution in [-0.2, 0) is 33.3 Å². The standard InChI is InChI=1S/C53H86O11/c1-3-5-7-9-11-13-15-17-19-21-22-23-24-26-28-30-32-34-36-38-40-42-47(55)63-45(44-62-53-50(58)48(56)49(57)51(64-53)52(59)60)43-61-46(54)41-39-37-35-33-31-29-27-25-20-18-16-14-12-10-8-6-4-2/h6,8,12,14-15,17-18,20-22,27,29,33,35,45,48-51,53,56-58H,3-5,7,9-11,13,16,19,23-26,28,30-32,34,36-44H2,1-2H3,(H,59,60)/b8-6-,14-12-,17-15-,20-18-,22-21-,29-27-,35-33-. The van der Waals surface area contributed by atoms with Crippen molar-refractivity contribution in [1.82, 2.24) is 0 Å². The molecule has 1 aliphatic heterocycles. The van der Waals surface area contributed by atoms with E-state index in [1.54, 1.807) is 0 Å². The van der Waals surface area contributed by atoms with Crippen molar-refractivity contribution in [2.75, 3.05) is 13.2 Å². The Kier molecular flexibility index (Phi) is 38.4. The van der Waals surface area contributed by atoms with Crippen LogP contribution in [-0.4, -0.2) is 88.4 Å². The molecule has 11 nitrogen and oxygen atoms in total. The molecule has 6 unspecified atom stereocenters. The topological polar surface area (TPSA) is 169 Å². The van der Waals surface area contributed by atoms with Gasteiger partial charge in [0.2, 0.25) is 0 Å². The minimum atomic E-state index is -1.87. The van der Waals surface area contributed by atoms with Crippen LogP contribution in [0.5, 0.6) is 0 Å². The van der Waals surface area contributed by atoms with Gasteiger partial charge in [0.15, 0.2) is 18.5 Å². The van der Waals surface area contributed by atoms with E-state index in [1.165, 1.54) is 70.6 Å². The van der Waals surface area contributed by atoms with Crippen LogP contribution in [0.25, 0.3) is 0 Å². The number of carboxylic acids is 1. The number of aliphatic hydroxyl groups excluding tert-OH is 3. The van der Waals surface area contributed by atoms with Crippen LogP contribution in [0, 0.1) is 0 Å². The lowest BCUT2D eigenvalue weighted by molar-refractivity contribution is -0.298. The second kappa shape index (κ2) is 42.1. The van der Waals surface area contributed by atoms with E-state index >= 15 is 0 Å². The highest BCUT2D eigenvalue weighted by Gasteiger charge is 2.47. The van der Waals surface area contributed by atoms with Crippen LogP contribution in [0.15, 0.2) is 85.1 Å². The molecule has 0 aromatic rings. The number of unbranched alkanes of at least 4 members (excludes halogenated alkanes) is 15. The van der Waals surface area contributed by atoms with Crippen LogP contribution in [0.4, 0.5) is 0 Å². The number of hydrogen-bond donors (Lipinski definition) is 4. The maximum atomic E-state index is 12.8. The maximum absolute atomic E-state index is 12.8. The largest absolute Gasteiger partial charge is 0.479 e. The molecule has 1 saturated heterocycles. The Labute approximate surface area is 386 Å². The van der Waals surface area contributed by atoms with Gasteiger partial charge in [0.1, 0.15) is 24.9 Å². The molecule has 1 heterocycles. The van der Waals surface area contributed by atoms with E-state index in [9.17, 15) is 34.8 Å². The average Bonchev–Trinajstić information content (AvgIpc) is 3.28. The number of rotatable bonds is 40. The summed E-state index contributed by atoms with van der Waals surface area (Å²) in [6.07, 6.45) is 46.3. The molecule has 0 aromatic heterocycles. The van der Waals surface area contributed by atoms with Gasteiger partial charge in [-0.25, -0.2) is 4.79 Å². The summed E-state index contributed by atoms with van der Waals surface area (Å²) < 4.78 is 21.7. The minimum Gasteiger partial charge on any atom is -0.479 e. The van der Waals surface area contributed by atoms with Crippen molar-refractivity contribution >= 4 is 17.9 Å². The summed E-state index contributed by atoms with van der Waals surface area (Å²) in [5, 5.41) is 39.9. The number of esters is 2. The summed E-state index contributed by atoms with van der Waals surface area (Å²) in [7, 11) is 0. The third-order valence-corrected chi connectivity index (χ3v) is 10.7. The summed E-state index contributed by atoms with van der Waals surface area (Å²) in [5.41, 5.74) is 0. The molecule has 0 saturated carbocycles. The summed E-state index contributed by atoms with van der Waals surface area (Å²) >= 11 is 0. The summed E-state index contributed by atoms with van der Waals surface area (Å²) in [5.74, 6) is -2.53. The first kappa shape index (κ1) is 58.4. The SMILES string of the molecule is CC/C=C\C/C=C\C/C=C\C/C=C\C/C=C\CCCC(=O)OCC(COC1OC(C(=O)O)C(O)C(O)C1O)OC(=O)CCCCCCCCCCC/C=C\C/C=C\CCCCCCC. The van der Waals surface area contributed by atoms with Crippen LogP contribution in [0.3, 0.4) is 0 Å². The molecule has 0 amide bonds. The first-order chi connectivity index (χ1) is 31.2. The number of carbonyl (C=O) groups is 3. The van der Waals surface area contributed by atoms with Gasteiger partial charge >= 0.3 is 17.9 Å². The van der Waals surface area contributed by atoms with Crippen molar-refractivity contribution in [2.24, 2.45) is 0 Å².